The Bertz CT molecular complexity index is 239. The quantitative estimate of drug-likeness (QED) is 0.628. The summed E-state index contributed by atoms with van der Waals surface area (Å²) in [4.78, 5) is 0. The van der Waals surface area contributed by atoms with Crippen molar-refractivity contribution in [3.05, 3.63) is 5.82 Å². The summed E-state index contributed by atoms with van der Waals surface area (Å²) in [5.41, 5.74) is 0. The fourth-order valence-corrected chi connectivity index (χ4v) is 1.12. The average molecular weight is 191 g/mol. The third-order valence-electron chi connectivity index (χ3n) is 1.46. The lowest BCUT2D eigenvalue weighted by Crippen LogP contribution is -2.14. The first kappa shape index (κ1) is 9.41. The highest BCUT2D eigenvalue weighted by Crippen LogP contribution is 2.03. The van der Waals surface area contributed by atoms with E-state index < -0.39 is 0 Å². The van der Waals surface area contributed by atoms with E-state index in [-0.39, 0.29) is 5.38 Å². The van der Waals surface area contributed by atoms with E-state index in [1.807, 2.05) is 0 Å². The summed E-state index contributed by atoms with van der Waals surface area (Å²) in [6.07, 6.45) is 0.624. The molecule has 0 amide bonds. The molecule has 0 aliphatic rings. The molecule has 12 heavy (non-hydrogen) atoms. The maximum Gasteiger partial charge on any atom is 0.152 e. The van der Waals surface area contributed by atoms with Crippen LogP contribution in [0.5, 0.6) is 0 Å². The Morgan fingerprint density at radius 1 is 1.67 bits per heavy atom. The second-order valence-electron chi connectivity index (χ2n) is 2.48. The Kier molecular flexibility index (Phi) is 3.43. The summed E-state index contributed by atoms with van der Waals surface area (Å²) in [7, 11) is 3.40. The van der Waals surface area contributed by atoms with Gasteiger partial charge < -0.3 is 4.74 Å². The van der Waals surface area contributed by atoms with Crippen molar-refractivity contribution in [3.63, 3.8) is 0 Å². The molecule has 0 N–H and O–H groups in total. The van der Waals surface area contributed by atoms with Crippen LogP contribution < -0.4 is 0 Å². The van der Waals surface area contributed by atoms with Crippen molar-refractivity contribution in [2.75, 3.05) is 13.7 Å². The van der Waals surface area contributed by atoms with E-state index in [9.17, 15) is 0 Å². The van der Waals surface area contributed by atoms with Crippen molar-refractivity contribution in [3.8, 4) is 0 Å². The van der Waals surface area contributed by atoms with Gasteiger partial charge in [-0.3, -0.25) is 0 Å². The van der Waals surface area contributed by atoms with Gasteiger partial charge in [0.1, 0.15) is 0 Å². The number of methoxy groups -OCH3 is 1. The Morgan fingerprint density at radius 3 is 2.92 bits per heavy atom. The molecule has 0 radical (unpaired) electrons. The number of ether oxygens (including phenoxy) is 1. The molecule has 0 spiro atoms. The molecule has 0 fully saturated rings. The largest absolute Gasteiger partial charge is 0.383 e. The van der Waals surface area contributed by atoms with Gasteiger partial charge in [-0.15, -0.1) is 16.7 Å². The number of hydrogen-bond acceptors (Lipinski definition) is 4. The van der Waals surface area contributed by atoms with Crippen LogP contribution in [0, 0.1) is 0 Å². The number of halogens is 1. The van der Waals surface area contributed by atoms with E-state index in [4.69, 9.17) is 16.3 Å². The standard InChI is InChI=1S/C6H11ClN4O/c1-11-6(8-9-10-11)3-5(7)4-12-2/h5H,3-4H2,1-2H3. The molecule has 1 rings (SSSR count). The van der Waals surface area contributed by atoms with Gasteiger partial charge in [0, 0.05) is 20.6 Å². The molecular formula is C6H11ClN4O. The zero-order valence-corrected chi connectivity index (χ0v) is 7.82. The molecule has 6 heteroatoms. The maximum absolute atomic E-state index is 5.91. The maximum atomic E-state index is 5.91. The van der Waals surface area contributed by atoms with Gasteiger partial charge in [-0.2, -0.15) is 0 Å². The Balaban J connectivity index is 2.46. The molecular weight excluding hydrogens is 180 g/mol. The Hall–Kier alpha value is -0.680. The fourth-order valence-electron chi connectivity index (χ4n) is 0.859. The summed E-state index contributed by atoms with van der Waals surface area (Å²) in [5, 5.41) is 10.9. The molecule has 0 saturated carbocycles. The highest BCUT2D eigenvalue weighted by atomic mass is 35.5. The molecule has 1 aromatic heterocycles. The van der Waals surface area contributed by atoms with Crippen LogP contribution in [0.3, 0.4) is 0 Å². The Labute approximate surface area is 75.7 Å². The summed E-state index contributed by atoms with van der Waals surface area (Å²) in [5.74, 6) is 0.770. The minimum atomic E-state index is -0.0697. The molecule has 5 nitrogen and oxygen atoms in total. The van der Waals surface area contributed by atoms with Gasteiger partial charge in [0.2, 0.25) is 0 Å². The van der Waals surface area contributed by atoms with Gasteiger partial charge in [0.05, 0.1) is 12.0 Å². The number of tetrazole rings is 1. The molecule has 1 heterocycles. The van der Waals surface area contributed by atoms with Crippen molar-refractivity contribution in [1.29, 1.82) is 0 Å². The average Bonchev–Trinajstić information content (AvgIpc) is 2.37. The Morgan fingerprint density at radius 2 is 2.42 bits per heavy atom. The van der Waals surface area contributed by atoms with Gasteiger partial charge in [0.25, 0.3) is 0 Å². The van der Waals surface area contributed by atoms with Crippen LogP contribution in [-0.4, -0.2) is 39.3 Å². The third kappa shape index (κ3) is 2.42. The van der Waals surface area contributed by atoms with Crippen LogP contribution in [0.1, 0.15) is 5.82 Å². The third-order valence-corrected chi connectivity index (χ3v) is 1.74. The minimum Gasteiger partial charge on any atom is -0.383 e. The second kappa shape index (κ2) is 4.37. The number of hydrogen-bond donors (Lipinski definition) is 0. The fraction of sp³-hybridized carbons (Fsp3) is 0.833. The van der Waals surface area contributed by atoms with Crippen LogP contribution in [0.4, 0.5) is 0 Å². The van der Waals surface area contributed by atoms with E-state index in [1.54, 1.807) is 18.8 Å². The first-order valence-corrected chi connectivity index (χ1v) is 4.02. The summed E-state index contributed by atoms with van der Waals surface area (Å²) in [6, 6.07) is 0. The van der Waals surface area contributed by atoms with Crippen molar-refractivity contribution in [2.24, 2.45) is 7.05 Å². The normalized spacial score (nSPS) is 13.2. The molecule has 0 saturated heterocycles. The van der Waals surface area contributed by atoms with Crippen molar-refractivity contribution >= 4 is 11.6 Å². The number of rotatable bonds is 4. The van der Waals surface area contributed by atoms with Crippen LogP contribution in [-0.2, 0) is 18.2 Å². The lowest BCUT2D eigenvalue weighted by molar-refractivity contribution is 0.197. The number of alkyl halides is 1. The molecule has 0 aliphatic carbocycles. The van der Waals surface area contributed by atoms with Gasteiger partial charge in [-0.05, 0) is 10.4 Å². The van der Waals surface area contributed by atoms with Gasteiger partial charge in [0.15, 0.2) is 5.82 Å². The topological polar surface area (TPSA) is 52.8 Å². The summed E-state index contributed by atoms with van der Waals surface area (Å²) >= 11 is 5.91. The first-order valence-electron chi connectivity index (χ1n) is 3.58. The predicted octanol–water partition coefficient (Wildman–Crippen LogP) is 0.00640. The van der Waals surface area contributed by atoms with Crippen LogP contribution in [0.15, 0.2) is 0 Å². The molecule has 1 atom stereocenters. The lowest BCUT2D eigenvalue weighted by Gasteiger charge is -2.05. The monoisotopic (exact) mass is 190 g/mol. The SMILES string of the molecule is COCC(Cl)Cc1nnnn1C. The van der Waals surface area contributed by atoms with E-state index in [0.717, 1.165) is 5.82 Å². The summed E-state index contributed by atoms with van der Waals surface area (Å²) in [6.45, 7) is 0.508. The van der Waals surface area contributed by atoms with Crippen molar-refractivity contribution in [2.45, 2.75) is 11.8 Å². The van der Waals surface area contributed by atoms with Crippen LogP contribution in [0.25, 0.3) is 0 Å². The minimum absolute atomic E-state index is 0.0697. The van der Waals surface area contributed by atoms with Gasteiger partial charge in [-0.25, -0.2) is 4.68 Å². The zero-order chi connectivity index (χ0) is 8.97. The highest BCUT2D eigenvalue weighted by Gasteiger charge is 2.09. The lowest BCUT2D eigenvalue weighted by atomic mass is 10.3. The zero-order valence-electron chi connectivity index (χ0n) is 7.07. The van der Waals surface area contributed by atoms with Crippen molar-refractivity contribution < 1.29 is 4.74 Å². The molecule has 0 aliphatic heterocycles. The molecule has 0 aromatic carbocycles. The van der Waals surface area contributed by atoms with E-state index in [0.29, 0.717) is 13.0 Å². The predicted molar refractivity (Wildman–Crippen MR) is 44.0 cm³/mol. The summed E-state index contributed by atoms with van der Waals surface area (Å²) < 4.78 is 6.48. The molecule has 68 valence electrons. The second-order valence-corrected chi connectivity index (χ2v) is 3.09. The number of aromatic nitrogens is 4. The van der Waals surface area contributed by atoms with E-state index in [2.05, 4.69) is 15.5 Å². The van der Waals surface area contributed by atoms with Crippen LogP contribution >= 0.6 is 11.6 Å². The van der Waals surface area contributed by atoms with Gasteiger partial charge in [-0.1, -0.05) is 0 Å². The number of nitrogens with zero attached hydrogens (tertiary/aromatic N) is 4. The van der Waals surface area contributed by atoms with E-state index in [1.165, 1.54) is 0 Å². The smallest absolute Gasteiger partial charge is 0.152 e. The molecule has 1 unspecified atom stereocenters. The highest BCUT2D eigenvalue weighted by molar-refractivity contribution is 6.20. The van der Waals surface area contributed by atoms with E-state index >= 15 is 0 Å². The molecule has 1 aromatic rings. The van der Waals surface area contributed by atoms with Crippen molar-refractivity contribution in [1.82, 2.24) is 20.2 Å². The van der Waals surface area contributed by atoms with Gasteiger partial charge >= 0.3 is 0 Å². The number of aryl methyl sites for hydroxylation is 1. The molecule has 0 bridgehead atoms. The van der Waals surface area contributed by atoms with Crippen LogP contribution in [0.2, 0.25) is 0 Å². The first-order chi connectivity index (χ1) is 5.74.